The number of ether oxygens (including phenoxy) is 2. The topological polar surface area (TPSA) is 35.5 Å². The Morgan fingerprint density at radius 1 is 1.19 bits per heavy atom. The lowest BCUT2D eigenvalue weighted by Gasteiger charge is -2.12. The van der Waals surface area contributed by atoms with Crippen molar-refractivity contribution in [2.24, 2.45) is 0 Å². The van der Waals surface area contributed by atoms with Gasteiger partial charge in [0.15, 0.2) is 6.10 Å². The number of hydrogen-bond acceptors (Lipinski definition) is 3. The predicted molar refractivity (Wildman–Crippen MR) is 65.3 cm³/mol. The Balaban J connectivity index is 3.41. The van der Waals surface area contributed by atoms with Gasteiger partial charge in [0.05, 0.1) is 7.11 Å². The van der Waals surface area contributed by atoms with Crippen molar-refractivity contribution in [2.75, 3.05) is 14.2 Å². The van der Waals surface area contributed by atoms with Gasteiger partial charge in [-0.05, 0) is 19.3 Å². The average Bonchev–Trinajstić information content (AvgIpc) is 2.32. The number of unbranched alkanes of at least 4 members (excludes halogenated alkanes) is 5. The largest absolute Gasteiger partial charge is 0.467 e. The Kier molecular flexibility index (Phi) is 10.1. The van der Waals surface area contributed by atoms with Gasteiger partial charge in [0.2, 0.25) is 0 Å². The number of methoxy groups -OCH3 is 2. The summed E-state index contributed by atoms with van der Waals surface area (Å²) in [6.45, 7) is 3.69. The van der Waals surface area contributed by atoms with E-state index in [9.17, 15) is 4.79 Å². The van der Waals surface area contributed by atoms with E-state index in [1.165, 1.54) is 26.4 Å². The summed E-state index contributed by atoms with van der Waals surface area (Å²) in [4.78, 5) is 11.2. The average molecular weight is 228 g/mol. The van der Waals surface area contributed by atoms with Crippen LogP contribution in [-0.4, -0.2) is 26.3 Å². The molecule has 0 aliphatic carbocycles. The number of allylic oxidation sites excluding steroid dienone is 1. The molecular formula is C13H24O3. The highest BCUT2D eigenvalue weighted by Crippen LogP contribution is 2.11. The Bertz CT molecular complexity index is 190. The molecule has 1 unspecified atom stereocenters. The van der Waals surface area contributed by atoms with E-state index in [1.54, 1.807) is 7.11 Å². The standard InChI is InChI=1S/C13H24O3/c1-4-5-6-7-8-9-10-11-12(15-2)13(14)16-3/h4,12H,1,5-11H2,2-3H3. The number of esters is 1. The Hall–Kier alpha value is -0.830. The molecule has 0 aliphatic heterocycles. The summed E-state index contributed by atoms with van der Waals surface area (Å²) >= 11 is 0. The van der Waals surface area contributed by atoms with Gasteiger partial charge in [0.25, 0.3) is 0 Å². The van der Waals surface area contributed by atoms with Crippen LogP contribution in [0.25, 0.3) is 0 Å². The van der Waals surface area contributed by atoms with Gasteiger partial charge in [-0.15, -0.1) is 6.58 Å². The van der Waals surface area contributed by atoms with E-state index >= 15 is 0 Å². The fraction of sp³-hybridized carbons (Fsp3) is 0.769. The summed E-state index contributed by atoms with van der Waals surface area (Å²) in [6.07, 6.45) is 9.25. The zero-order chi connectivity index (χ0) is 12.2. The smallest absolute Gasteiger partial charge is 0.334 e. The molecule has 0 aromatic heterocycles. The van der Waals surface area contributed by atoms with Crippen LogP contribution in [0.4, 0.5) is 0 Å². The summed E-state index contributed by atoms with van der Waals surface area (Å²) in [5.41, 5.74) is 0. The summed E-state index contributed by atoms with van der Waals surface area (Å²) in [6, 6.07) is 0. The normalized spacial score (nSPS) is 12.1. The Labute approximate surface area is 98.8 Å². The molecule has 0 spiro atoms. The van der Waals surface area contributed by atoms with Crippen LogP contribution in [0.3, 0.4) is 0 Å². The predicted octanol–water partition coefficient (Wildman–Crippen LogP) is 3.09. The summed E-state index contributed by atoms with van der Waals surface area (Å²) in [7, 11) is 2.94. The first-order valence-corrected chi connectivity index (χ1v) is 5.97. The molecule has 0 rings (SSSR count). The molecule has 0 aromatic carbocycles. The van der Waals surface area contributed by atoms with Gasteiger partial charge < -0.3 is 9.47 Å². The minimum absolute atomic E-state index is 0.269. The van der Waals surface area contributed by atoms with Crippen molar-refractivity contribution < 1.29 is 14.3 Å². The van der Waals surface area contributed by atoms with Crippen molar-refractivity contribution in [3.05, 3.63) is 12.7 Å². The maximum Gasteiger partial charge on any atom is 0.334 e. The third kappa shape index (κ3) is 7.46. The van der Waals surface area contributed by atoms with Gasteiger partial charge in [-0.2, -0.15) is 0 Å². The quantitative estimate of drug-likeness (QED) is 0.327. The van der Waals surface area contributed by atoms with Crippen LogP contribution in [-0.2, 0) is 14.3 Å². The molecule has 0 N–H and O–H groups in total. The van der Waals surface area contributed by atoms with Crippen molar-refractivity contribution in [2.45, 2.75) is 51.0 Å². The maximum absolute atomic E-state index is 11.2. The van der Waals surface area contributed by atoms with E-state index in [2.05, 4.69) is 11.3 Å². The van der Waals surface area contributed by atoms with Crippen molar-refractivity contribution in [3.8, 4) is 0 Å². The SMILES string of the molecule is C=CCCCCCCCC(OC)C(=O)OC. The third-order valence-electron chi connectivity index (χ3n) is 2.62. The Morgan fingerprint density at radius 3 is 2.38 bits per heavy atom. The highest BCUT2D eigenvalue weighted by atomic mass is 16.6. The van der Waals surface area contributed by atoms with Crippen LogP contribution in [0.5, 0.6) is 0 Å². The van der Waals surface area contributed by atoms with Crippen molar-refractivity contribution in [1.29, 1.82) is 0 Å². The molecule has 16 heavy (non-hydrogen) atoms. The van der Waals surface area contributed by atoms with Crippen LogP contribution >= 0.6 is 0 Å². The number of carbonyl (C=O) groups excluding carboxylic acids is 1. The van der Waals surface area contributed by atoms with E-state index in [0.717, 1.165) is 25.7 Å². The lowest BCUT2D eigenvalue weighted by Crippen LogP contribution is -2.24. The van der Waals surface area contributed by atoms with Crippen LogP contribution < -0.4 is 0 Å². The van der Waals surface area contributed by atoms with E-state index in [0.29, 0.717) is 0 Å². The fourth-order valence-electron chi connectivity index (χ4n) is 1.61. The first-order chi connectivity index (χ1) is 7.76. The highest BCUT2D eigenvalue weighted by molar-refractivity contribution is 5.74. The summed E-state index contributed by atoms with van der Waals surface area (Å²) < 4.78 is 9.70. The van der Waals surface area contributed by atoms with Crippen LogP contribution in [0.2, 0.25) is 0 Å². The monoisotopic (exact) mass is 228 g/mol. The molecule has 0 aliphatic rings. The van der Waals surface area contributed by atoms with E-state index in [1.807, 2.05) is 6.08 Å². The molecule has 0 aromatic rings. The summed E-state index contributed by atoms with van der Waals surface area (Å²) in [5, 5.41) is 0. The zero-order valence-electron chi connectivity index (χ0n) is 10.5. The minimum atomic E-state index is -0.391. The first kappa shape index (κ1) is 15.2. The minimum Gasteiger partial charge on any atom is -0.467 e. The Morgan fingerprint density at radius 2 is 1.81 bits per heavy atom. The highest BCUT2D eigenvalue weighted by Gasteiger charge is 2.16. The second kappa shape index (κ2) is 10.7. The van der Waals surface area contributed by atoms with E-state index in [-0.39, 0.29) is 5.97 Å². The van der Waals surface area contributed by atoms with Crippen molar-refractivity contribution in [1.82, 2.24) is 0 Å². The van der Waals surface area contributed by atoms with Crippen LogP contribution in [0.1, 0.15) is 44.9 Å². The molecule has 0 amide bonds. The molecule has 0 saturated carbocycles. The van der Waals surface area contributed by atoms with Gasteiger partial charge in [-0.1, -0.05) is 31.8 Å². The van der Waals surface area contributed by atoms with Crippen LogP contribution in [0, 0.1) is 0 Å². The molecule has 0 bridgehead atoms. The molecule has 94 valence electrons. The zero-order valence-corrected chi connectivity index (χ0v) is 10.5. The van der Waals surface area contributed by atoms with E-state index in [4.69, 9.17) is 4.74 Å². The molecule has 0 saturated heterocycles. The van der Waals surface area contributed by atoms with Gasteiger partial charge in [-0.3, -0.25) is 0 Å². The third-order valence-corrected chi connectivity index (χ3v) is 2.62. The molecule has 3 heteroatoms. The lowest BCUT2D eigenvalue weighted by molar-refractivity contribution is -0.152. The van der Waals surface area contributed by atoms with Crippen molar-refractivity contribution in [3.63, 3.8) is 0 Å². The van der Waals surface area contributed by atoms with Gasteiger partial charge in [0, 0.05) is 7.11 Å². The first-order valence-electron chi connectivity index (χ1n) is 5.97. The van der Waals surface area contributed by atoms with Gasteiger partial charge >= 0.3 is 5.97 Å². The number of rotatable bonds is 10. The lowest BCUT2D eigenvalue weighted by atomic mass is 10.1. The van der Waals surface area contributed by atoms with Crippen molar-refractivity contribution >= 4 is 5.97 Å². The molecular weight excluding hydrogens is 204 g/mol. The molecule has 0 heterocycles. The van der Waals surface area contributed by atoms with Gasteiger partial charge in [0.1, 0.15) is 0 Å². The van der Waals surface area contributed by atoms with Crippen LogP contribution in [0.15, 0.2) is 12.7 Å². The fourth-order valence-corrected chi connectivity index (χ4v) is 1.61. The second-order valence-corrected chi connectivity index (χ2v) is 3.88. The molecule has 3 nitrogen and oxygen atoms in total. The molecule has 0 fully saturated rings. The number of carbonyl (C=O) groups is 1. The van der Waals surface area contributed by atoms with Gasteiger partial charge in [-0.25, -0.2) is 4.79 Å². The maximum atomic E-state index is 11.2. The second-order valence-electron chi connectivity index (χ2n) is 3.88. The number of hydrogen-bond donors (Lipinski definition) is 0. The molecule has 0 radical (unpaired) electrons. The van der Waals surface area contributed by atoms with E-state index < -0.39 is 6.10 Å². The molecule has 1 atom stereocenters. The summed E-state index contributed by atoms with van der Waals surface area (Å²) in [5.74, 6) is -0.269.